The second kappa shape index (κ2) is 11.6. The van der Waals surface area contributed by atoms with E-state index in [1.54, 1.807) is 29.8 Å². The number of likely N-dealkylation sites (tertiary alicyclic amines) is 1. The maximum absolute atomic E-state index is 13.5. The molecule has 10 heteroatoms. The van der Waals surface area contributed by atoms with Gasteiger partial charge in [0.1, 0.15) is 12.6 Å². The number of amides is 4. The van der Waals surface area contributed by atoms with Gasteiger partial charge in [0.05, 0.1) is 11.6 Å². The first-order valence-electron chi connectivity index (χ1n) is 12.2. The van der Waals surface area contributed by atoms with E-state index in [9.17, 15) is 19.2 Å². The summed E-state index contributed by atoms with van der Waals surface area (Å²) in [5.74, 6) is -0.999. The average molecular weight is 580 g/mol. The summed E-state index contributed by atoms with van der Waals surface area (Å²) >= 11 is 3.47. The zero-order valence-corrected chi connectivity index (χ0v) is 22.9. The molecule has 1 aliphatic rings. The van der Waals surface area contributed by atoms with Crippen LogP contribution in [0.3, 0.4) is 0 Å². The Morgan fingerprint density at radius 1 is 1.13 bits per heavy atom. The molecule has 2 aromatic carbocycles. The smallest absolute Gasteiger partial charge is 0.254 e. The van der Waals surface area contributed by atoms with Crippen LogP contribution in [-0.4, -0.2) is 77.3 Å². The fourth-order valence-electron chi connectivity index (χ4n) is 4.49. The average Bonchev–Trinajstić information content (AvgIpc) is 3.22. The highest BCUT2D eigenvalue weighted by Gasteiger charge is 2.31. The Kier molecular flexibility index (Phi) is 8.31. The molecule has 198 valence electrons. The Morgan fingerprint density at radius 2 is 1.84 bits per heavy atom. The minimum absolute atomic E-state index is 0.00138. The molecule has 4 rings (SSSR count). The zero-order valence-electron chi connectivity index (χ0n) is 21.3. The van der Waals surface area contributed by atoms with Crippen molar-refractivity contribution in [2.24, 2.45) is 0 Å². The monoisotopic (exact) mass is 579 g/mol. The Labute approximate surface area is 229 Å². The van der Waals surface area contributed by atoms with Gasteiger partial charge in [-0.25, -0.2) is 0 Å². The van der Waals surface area contributed by atoms with Crippen molar-refractivity contribution in [3.05, 3.63) is 83.0 Å². The molecule has 3 aromatic rings. The van der Waals surface area contributed by atoms with Gasteiger partial charge in [-0.05, 0) is 29.8 Å². The fraction of sp³-hybridized carbons (Fsp3) is 0.286. The van der Waals surface area contributed by atoms with Gasteiger partial charge in [0.25, 0.3) is 5.91 Å². The van der Waals surface area contributed by atoms with Gasteiger partial charge in [-0.3, -0.25) is 19.2 Å². The number of nitrogens with one attached hydrogen (secondary N) is 2. The highest BCUT2D eigenvalue weighted by Crippen LogP contribution is 2.26. The van der Waals surface area contributed by atoms with Crippen molar-refractivity contribution in [3.63, 3.8) is 0 Å². The zero-order chi connectivity index (χ0) is 27.4. The third kappa shape index (κ3) is 6.13. The molecule has 4 amide bonds. The molecule has 0 spiro atoms. The van der Waals surface area contributed by atoms with E-state index in [0.29, 0.717) is 36.0 Å². The number of fused-ring (bicyclic) bond motifs is 1. The van der Waals surface area contributed by atoms with Gasteiger partial charge in [0.2, 0.25) is 17.7 Å². The Morgan fingerprint density at radius 3 is 2.50 bits per heavy atom. The highest BCUT2D eigenvalue weighted by atomic mass is 79.9. The summed E-state index contributed by atoms with van der Waals surface area (Å²) < 4.78 is 2.50. The topological polar surface area (TPSA) is 104 Å². The lowest BCUT2D eigenvalue weighted by Crippen LogP contribution is -2.61. The maximum atomic E-state index is 13.5. The number of hydrogen-bond acceptors (Lipinski definition) is 4. The van der Waals surface area contributed by atoms with Crippen LogP contribution in [0.5, 0.6) is 0 Å². The second-order valence-electron chi connectivity index (χ2n) is 9.49. The predicted molar refractivity (Wildman–Crippen MR) is 148 cm³/mol. The van der Waals surface area contributed by atoms with Gasteiger partial charge >= 0.3 is 0 Å². The van der Waals surface area contributed by atoms with Gasteiger partial charge in [0, 0.05) is 55.2 Å². The van der Waals surface area contributed by atoms with Gasteiger partial charge < -0.3 is 25.0 Å². The first kappa shape index (κ1) is 27.1. The number of carbonyl (C=O) groups excluding carboxylic acids is 4. The van der Waals surface area contributed by atoms with E-state index in [0.717, 1.165) is 10.0 Å². The molecule has 1 fully saturated rings. The largest absolute Gasteiger partial charge is 0.348 e. The first-order chi connectivity index (χ1) is 18.2. The lowest BCUT2D eigenvalue weighted by molar-refractivity contribution is -0.133. The lowest BCUT2D eigenvalue weighted by atomic mass is 10.0. The van der Waals surface area contributed by atoms with Crippen molar-refractivity contribution >= 4 is 50.5 Å². The van der Waals surface area contributed by atoms with Crippen molar-refractivity contribution in [3.8, 4) is 0 Å². The number of carbonyl (C=O) groups is 4. The van der Waals surface area contributed by atoms with E-state index in [1.165, 1.54) is 11.0 Å². The Bertz CT molecular complexity index is 1380. The molecule has 0 aliphatic carbocycles. The summed E-state index contributed by atoms with van der Waals surface area (Å²) in [5, 5.41) is 6.49. The highest BCUT2D eigenvalue weighted by molar-refractivity contribution is 9.10. The van der Waals surface area contributed by atoms with Crippen LogP contribution in [0, 0.1) is 0 Å². The van der Waals surface area contributed by atoms with E-state index < -0.39 is 11.9 Å². The third-order valence-corrected chi connectivity index (χ3v) is 6.95. The number of halogens is 1. The van der Waals surface area contributed by atoms with Crippen molar-refractivity contribution in [1.29, 1.82) is 0 Å². The summed E-state index contributed by atoms with van der Waals surface area (Å²) in [6.07, 6.45) is 3.24. The minimum atomic E-state index is -0.756. The van der Waals surface area contributed by atoms with Crippen LogP contribution in [-0.2, 0) is 27.3 Å². The summed E-state index contributed by atoms with van der Waals surface area (Å²) in [7, 11) is 3.31. The van der Waals surface area contributed by atoms with Crippen molar-refractivity contribution < 1.29 is 19.2 Å². The van der Waals surface area contributed by atoms with Gasteiger partial charge in [-0.15, -0.1) is 0 Å². The molecule has 9 nitrogen and oxygen atoms in total. The minimum Gasteiger partial charge on any atom is -0.348 e. The maximum Gasteiger partial charge on any atom is 0.254 e. The third-order valence-electron chi connectivity index (χ3n) is 6.46. The van der Waals surface area contributed by atoms with Crippen molar-refractivity contribution in [2.45, 2.75) is 25.0 Å². The SMILES string of the molecule is C=CC(=O)N1CC(NC(=O)Cn2cc(C(=O)NC(Cc3ccccc3)C(=O)N(C)C)c3cc(Br)ccc32)C1. The number of aromatic nitrogens is 1. The number of hydrogen-bond donors (Lipinski definition) is 2. The Balaban J connectivity index is 1.53. The van der Waals surface area contributed by atoms with Crippen LogP contribution >= 0.6 is 15.9 Å². The summed E-state index contributed by atoms with van der Waals surface area (Å²) in [5.41, 5.74) is 2.01. The standard InChI is InChI=1S/C28H30BrN5O4/c1-4-26(36)34-14-20(15-34)30-25(35)17-33-16-22(21-13-19(29)10-11-24(21)33)27(37)31-23(28(38)32(2)3)12-18-8-6-5-7-9-18/h4-11,13,16,20,23H,1,12,14-15,17H2,2-3H3,(H,30,35)(H,31,37). The van der Waals surface area contributed by atoms with E-state index in [1.807, 2.05) is 48.5 Å². The molecule has 0 saturated carbocycles. The van der Waals surface area contributed by atoms with Crippen LogP contribution in [0.4, 0.5) is 0 Å². The molecular weight excluding hydrogens is 550 g/mol. The number of likely N-dealkylation sites (N-methyl/N-ethyl adjacent to an activating group) is 1. The molecule has 38 heavy (non-hydrogen) atoms. The number of benzene rings is 2. The molecule has 2 heterocycles. The molecule has 1 atom stereocenters. The van der Waals surface area contributed by atoms with E-state index in [4.69, 9.17) is 0 Å². The normalized spacial score (nSPS) is 13.9. The molecule has 1 saturated heterocycles. The summed E-state index contributed by atoms with van der Waals surface area (Å²) in [6.45, 7) is 4.35. The number of rotatable bonds is 9. The molecule has 1 aromatic heterocycles. The van der Waals surface area contributed by atoms with Crippen LogP contribution in [0.2, 0.25) is 0 Å². The van der Waals surface area contributed by atoms with Gasteiger partial charge in [-0.1, -0.05) is 52.8 Å². The molecule has 2 N–H and O–H groups in total. The van der Waals surface area contributed by atoms with Crippen LogP contribution < -0.4 is 10.6 Å². The Hall–Kier alpha value is -3.92. The molecule has 0 bridgehead atoms. The number of nitrogens with zero attached hydrogens (tertiary/aromatic N) is 3. The van der Waals surface area contributed by atoms with E-state index >= 15 is 0 Å². The van der Waals surface area contributed by atoms with E-state index in [2.05, 4.69) is 33.1 Å². The van der Waals surface area contributed by atoms with Crippen LogP contribution in [0.25, 0.3) is 10.9 Å². The predicted octanol–water partition coefficient (Wildman–Crippen LogP) is 2.35. The second-order valence-corrected chi connectivity index (χ2v) is 10.4. The molecule has 1 unspecified atom stereocenters. The first-order valence-corrected chi connectivity index (χ1v) is 13.0. The fourth-order valence-corrected chi connectivity index (χ4v) is 4.85. The van der Waals surface area contributed by atoms with Crippen molar-refractivity contribution in [1.82, 2.24) is 25.0 Å². The van der Waals surface area contributed by atoms with Crippen LogP contribution in [0.1, 0.15) is 15.9 Å². The summed E-state index contributed by atoms with van der Waals surface area (Å²) in [6, 6.07) is 14.1. The van der Waals surface area contributed by atoms with Crippen LogP contribution in [0.15, 0.2) is 71.9 Å². The summed E-state index contributed by atoms with van der Waals surface area (Å²) in [4.78, 5) is 53.9. The van der Waals surface area contributed by atoms with Crippen molar-refractivity contribution in [2.75, 3.05) is 27.2 Å². The molecule has 0 radical (unpaired) electrons. The van der Waals surface area contributed by atoms with E-state index in [-0.39, 0.29) is 30.3 Å². The van der Waals surface area contributed by atoms with Gasteiger partial charge in [-0.2, -0.15) is 0 Å². The molecule has 1 aliphatic heterocycles. The molecular formula is C28H30BrN5O4. The quantitative estimate of drug-likeness (QED) is 0.380. The lowest BCUT2D eigenvalue weighted by Gasteiger charge is -2.38. The van der Waals surface area contributed by atoms with Gasteiger partial charge in [0.15, 0.2) is 0 Å².